The smallest absolute Gasteiger partial charge is 0.322 e. The number of imide groups is 4. The zero-order valence-corrected chi connectivity index (χ0v) is 51.0. The number of furan rings is 2. The number of rotatable bonds is 14. The molecule has 0 aliphatic carbocycles. The molecule has 4 fully saturated rings. The molecular formula is C64H58N14O16. The minimum Gasteiger partial charge on any atom is -0.497 e. The van der Waals surface area contributed by atoms with Gasteiger partial charge in [0.15, 0.2) is 16.6 Å². The van der Waals surface area contributed by atoms with Crippen molar-refractivity contribution in [3.63, 3.8) is 0 Å². The van der Waals surface area contributed by atoms with Crippen molar-refractivity contribution in [1.82, 2.24) is 72.0 Å². The van der Waals surface area contributed by atoms with Crippen LogP contribution in [0.15, 0.2) is 124 Å². The first-order chi connectivity index (χ1) is 45.0. The van der Waals surface area contributed by atoms with Crippen molar-refractivity contribution in [2.24, 2.45) is 0 Å². The molecule has 15 amide bonds. The molecule has 0 bridgehead atoms. The summed E-state index contributed by atoms with van der Waals surface area (Å²) in [6.07, 6.45) is 4.86. The van der Waals surface area contributed by atoms with Gasteiger partial charge in [0.1, 0.15) is 39.9 Å². The Morgan fingerprint density at radius 3 is 1.37 bits per heavy atom. The number of carbonyl (C=O) groups excluding carboxylic acids is 11. The second-order valence-electron chi connectivity index (χ2n) is 23.7. The monoisotopic (exact) mass is 1280 g/mol. The molecule has 30 heteroatoms. The second kappa shape index (κ2) is 22.7. The number of benzene rings is 4. The molecule has 4 saturated heterocycles. The summed E-state index contributed by atoms with van der Waals surface area (Å²) in [6.45, 7) is 6.14. The minimum atomic E-state index is -1.68. The van der Waals surface area contributed by atoms with Crippen LogP contribution in [0.4, 0.5) is 19.2 Å². The van der Waals surface area contributed by atoms with Crippen molar-refractivity contribution in [3.8, 4) is 17.2 Å². The van der Waals surface area contributed by atoms with E-state index < -0.39 is 69.9 Å². The Balaban J connectivity index is 0.000000130. The Morgan fingerprint density at radius 2 is 0.947 bits per heavy atom. The van der Waals surface area contributed by atoms with Crippen LogP contribution in [0.25, 0.3) is 22.1 Å². The molecule has 0 saturated carbocycles. The van der Waals surface area contributed by atoms with Crippen LogP contribution in [-0.2, 0) is 61.0 Å². The van der Waals surface area contributed by atoms with Crippen LogP contribution in [0, 0.1) is 0 Å². The van der Waals surface area contributed by atoms with E-state index in [1.165, 1.54) is 24.0 Å². The molecule has 0 spiro atoms. The van der Waals surface area contributed by atoms with E-state index in [4.69, 9.17) is 23.0 Å². The number of aromatic nitrogens is 3. The lowest BCUT2D eigenvalue weighted by atomic mass is 9.91. The summed E-state index contributed by atoms with van der Waals surface area (Å²) in [6, 6.07) is 25.0. The third-order valence-corrected chi connectivity index (χ3v) is 17.6. The van der Waals surface area contributed by atoms with Crippen molar-refractivity contribution in [3.05, 3.63) is 172 Å². The molecule has 7 aliphatic heterocycles. The lowest BCUT2D eigenvalue weighted by Gasteiger charge is -2.30. The van der Waals surface area contributed by atoms with Gasteiger partial charge < -0.3 is 59.0 Å². The maximum absolute atomic E-state index is 13.2. The molecule has 4 aromatic heterocycles. The van der Waals surface area contributed by atoms with Gasteiger partial charge in [-0.25, -0.2) is 24.2 Å². The molecule has 4 aromatic carbocycles. The fraction of sp³-hybridized carbons (Fsp3) is 0.266. The quantitative estimate of drug-likeness (QED) is 0.0716. The lowest BCUT2D eigenvalue weighted by Crippen LogP contribution is -2.52. The van der Waals surface area contributed by atoms with E-state index in [1.807, 2.05) is 26.0 Å². The minimum absolute atomic E-state index is 0.00416. The first-order valence-corrected chi connectivity index (χ1v) is 29.3. The van der Waals surface area contributed by atoms with E-state index in [9.17, 15) is 52.7 Å². The maximum atomic E-state index is 13.2. The molecule has 4 atom stereocenters. The van der Waals surface area contributed by atoms with E-state index in [1.54, 1.807) is 127 Å². The maximum Gasteiger partial charge on any atom is 0.322 e. The molecule has 480 valence electrons. The molecule has 8 aromatic rings. The normalized spacial score (nSPS) is 22.4. The van der Waals surface area contributed by atoms with Crippen LogP contribution in [0.5, 0.6) is 17.2 Å². The average Bonchev–Trinajstić information content (AvgIpc) is 1.60. The number of amides is 15. The summed E-state index contributed by atoms with van der Waals surface area (Å²) >= 11 is 0. The Kier molecular flexibility index (Phi) is 14.7. The number of urea groups is 4. The van der Waals surface area contributed by atoms with Gasteiger partial charge in [-0.05, 0) is 116 Å². The number of hydrogen-bond donors (Lipinski definition) is 8. The number of nitrogens with zero attached hydrogens (tertiary/aromatic N) is 6. The van der Waals surface area contributed by atoms with Crippen LogP contribution >= 0.6 is 0 Å². The zero-order chi connectivity index (χ0) is 66.3. The van der Waals surface area contributed by atoms with Gasteiger partial charge in [0.05, 0.1) is 47.2 Å². The largest absolute Gasteiger partial charge is 0.497 e. The number of carbonyl (C=O) groups is 11. The van der Waals surface area contributed by atoms with E-state index in [2.05, 4.69) is 52.6 Å². The van der Waals surface area contributed by atoms with E-state index in [-0.39, 0.29) is 61.5 Å². The Hall–Kier alpha value is -12.1. The van der Waals surface area contributed by atoms with Gasteiger partial charge >= 0.3 is 24.1 Å². The van der Waals surface area contributed by atoms with Gasteiger partial charge in [0.25, 0.3) is 41.4 Å². The number of ether oxygens (including phenoxy) is 3. The highest BCUT2D eigenvalue weighted by molar-refractivity contribution is 6.11. The molecule has 1 unspecified atom stereocenters. The lowest BCUT2D eigenvalue weighted by molar-refractivity contribution is -0.126. The molecule has 7 aliphatic rings. The van der Waals surface area contributed by atoms with Crippen LogP contribution in [0.3, 0.4) is 0 Å². The van der Waals surface area contributed by atoms with Crippen LogP contribution < -0.4 is 56.7 Å². The van der Waals surface area contributed by atoms with Crippen molar-refractivity contribution >= 4 is 87.5 Å². The number of nitrogens with one attached hydrogen (secondary N) is 8. The SMILES string of the molecule is COc1ccc2c(c1)C(=O)N(C[C@@]1(c3cc4cc(C5(C)NC(=O)NC5=O)ccc4o3)NC(=O)NC1=O)C2.COc1ccc2c(c1)C(=O)N(C[C@@]1(c3cc4cccnc4o3)NC(=O)NC1=O)C2.COc1ccc2c(c1)C(=O)N(C[C@@]1(c3cnn(C(C)C)c3)NC(=O)NC1=O)C2. The van der Waals surface area contributed by atoms with Crippen molar-refractivity contribution < 1.29 is 75.8 Å². The third-order valence-electron chi connectivity index (χ3n) is 17.6. The Morgan fingerprint density at radius 1 is 0.500 bits per heavy atom. The molecule has 11 heterocycles. The molecule has 15 rings (SSSR count). The highest BCUT2D eigenvalue weighted by Gasteiger charge is 2.56. The number of pyridine rings is 1. The topological polar surface area (TPSA) is 378 Å². The van der Waals surface area contributed by atoms with Crippen LogP contribution in [-0.4, -0.2) is 136 Å². The third kappa shape index (κ3) is 10.2. The summed E-state index contributed by atoms with van der Waals surface area (Å²) in [5.74, 6) is -0.968. The number of fused-ring (bicyclic) bond motifs is 5. The van der Waals surface area contributed by atoms with Gasteiger partial charge in [0.2, 0.25) is 5.71 Å². The average molecular weight is 1280 g/mol. The highest BCUT2D eigenvalue weighted by atomic mass is 16.5. The van der Waals surface area contributed by atoms with Gasteiger partial charge in [-0.15, -0.1) is 0 Å². The highest BCUT2D eigenvalue weighted by Crippen LogP contribution is 2.39. The molecule has 94 heavy (non-hydrogen) atoms. The first-order valence-electron chi connectivity index (χ1n) is 29.3. The predicted molar refractivity (Wildman–Crippen MR) is 325 cm³/mol. The van der Waals surface area contributed by atoms with Crippen molar-refractivity contribution in [2.45, 2.75) is 68.6 Å². The fourth-order valence-corrected chi connectivity index (χ4v) is 12.5. The van der Waals surface area contributed by atoms with E-state index in [0.29, 0.717) is 80.2 Å². The second-order valence-corrected chi connectivity index (χ2v) is 23.7. The first kappa shape index (κ1) is 60.8. The van der Waals surface area contributed by atoms with E-state index >= 15 is 0 Å². The van der Waals surface area contributed by atoms with Crippen LogP contribution in [0.2, 0.25) is 0 Å². The summed E-state index contributed by atoms with van der Waals surface area (Å²) < 4.78 is 29.1. The molecular weight excluding hydrogens is 1220 g/mol. The van der Waals surface area contributed by atoms with Crippen molar-refractivity contribution in [1.29, 1.82) is 0 Å². The van der Waals surface area contributed by atoms with Crippen molar-refractivity contribution in [2.75, 3.05) is 41.0 Å². The Bertz CT molecular complexity index is 4600. The molecule has 8 N–H and O–H groups in total. The molecule has 0 radical (unpaired) electrons. The predicted octanol–water partition coefficient (Wildman–Crippen LogP) is 3.88. The number of methoxy groups -OCH3 is 3. The van der Waals surface area contributed by atoms with Gasteiger partial charge in [0, 0.05) is 71.1 Å². The standard InChI is InChI=1S/C25H21N5O7.C20H16N4O5.C19H21N5O4/c1-24(20(32)26-22(34)28-24)14-4-6-17-13(7-14)8-18(37-17)25(21(33)27-23(35)29-25)11-30-10-12-3-5-15(36-2)9-16(12)19(30)31;1-28-13-5-4-12-9-24(17(25)14(12)8-13)10-20(18(26)22-19(27)23-20)15-7-11-3-2-6-21-16(11)29-15;1-11(2)24-9-13(7-20-24)19(17(26)21-18(27)22-19)10-23-8-12-4-5-14(28-3)6-15(12)16(23)25/h3-9H,10-11H2,1-2H3,(H2,26,28,32,34)(H2,27,29,33,35);2-8H,9-10H2,1H3,(H2,22,23,26,27);4-7,9,11H,8,10H2,1-3H3,(H2,21,22,26,27)/t24?,25-;20-;19-/m000/s1. The summed E-state index contributed by atoms with van der Waals surface area (Å²) in [5.41, 5.74) is -0.171. The fourth-order valence-electron chi connectivity index (χ4n) is 12.5. The van der Waals surface area contributed by atoms with E-state index in [0.717, 1.165) is 16.7 Å². The number of hydrogen-bond acceptors (Lipinski definition) is 18. The zero-order valence-electron chi connectivity index (χ0n) is 51.0. The summed E-state index contributed by atoms with van der Waals surface area (Å²) in [7, 11) is 4.58. The van der Waals surface area contributed by atoms with Gasteiger partial charge in [-0.2, -0.15) is 5.10 Å². The molecule has 30 nitrogen and oxygen atoms in total. The van der Waals surface area contributed by atoms with Gasteiger partial charge in [-0.3, -0.25) is 59.5 Å². The van der Waals surface area contributed by atoms with Crippen LogP contribution in [0.1, 0.15) is 97.2 Å². The summed E-state index contributed by atoms with van der Waals surface area (Å²) in [5, 5.41) is 25.1. The van der Waals surface area contributed by atoms with Gasteiger partial charge in [-0.1, -0.05) is 24.3 Å². The Labute approximate surface area is 531 Å². The summed E-state index contributed by atoms with van der Waals surface area (Å²) in [4.78, 5) is 147.